The quantitative estimate of drug-likeness (QED) is 0.375. The number of nitrogens with zero attached hydrogens (tertiary/aromatic N) is 2. The van der Waals surface area contributed by atoms with Gasteiger partial charge in [0.2, 0.25) is 0 Å². The Hall–Kier alpha value is -2.88. The van der Waals surface area contributed by atoms with Crippen molar-refractivity contribution < 1.29 is 17.8 Å². The summed E-state index contributed by atoms with van der Waals surface area (Å²) < 4.78 is 34.4. The van der Waals surface area contributed by atoms with E-state index in [1.165, 1.54) is 18.4 Å². The van der Waals surface area contributed by atoms with Crippen LogP contribution < -0.4 is 10.6 Å². The number of rotatable bonds is 8. The fourth-order valence-corrected chi connectivity index (χ4v) is 6.34. The second-order valence-electron chi connectivity index (χ2n) is 9.49. The first-order chi connectivity index (χ1) is 16.9. The van der Waals surface area contributed by atoms with Crippen LogP contribution in [0.5, 0.6) is 0 Å². The van der Waals surface area contributed by atoms with Crippen LogP contribution in [0.2, 0.25) is 0 Å². The molecule has 2 saturated heterocycles. The van der Waals surface area contributed by atoms with Gasteiger partial charge in [0, 0.05) is 13.1 Å². The SMILES string of the molecule is O=C(NCCCCN1CCC(c2ccccc2)CC1)C1=CC2CNC3=CC=CC(=C1S(=O)(=O)O)N32. The van der Waals surface area contributed by atoms with E-state index in [2.05, 4.69) is 45.9 Å². The number of allylic oxidation sites excluding steroid dienone is 3. The summed E-state index contributed by atoms with van der Waals surface area (Å²) in [4.78, 5) is 16.9. The molecular weight excluding hydrogens is 464 g/mol. The fraction of sp³-hybridized carbons (Fsp3) is 0.423. The second kappa shape index (κ2) is 10.0. The van der Waals surface area contributed by atoms with Gasteiger partial charge >= 0.3 is 0 Å². The summed E-state index contributed by atoms with van der Waals surface area (Å²) in [7, 11) is -4.59. The molecule has 1 unspecified atom stereocenters. The first-order valence-electron chi connectivity index (χ1n) is 12.3. The third-order valence-electron chi connectivity index (χ3n) is 7.24. The Morgan fingerprint density at radius 2 is 1.91 bits per heavy atom. The van der Waals surface area contributed by atoms with E-state index >= 15 is 0 Å². The Kier molecular flexibility index (Phi) is 6.82. The highest BCUT2D eigenvalue weighted by molar-refractivity contribution is 7.90. The second-order valence-corrected chi connectivity index (χ2v) is 10.8. The van der Waals surface area contributed by atoms with Crippen molar-refractivity contribution in [3.63, 3.8) is 0 Å². The maximum Gasteiger partial charge on any atom is 0.297 e. The summed E-state index contributed by atoms with van der Waals surface area (Å²) in [6, 6.07) is 10.5. The molecule has 0 aromatic heterocycles. The zero-order valence-corrected chi connectivity index (χ0v) is 20.5. The minimum absolute atomic E-state index is 0.0151. The van der Waals surface area contributed by atoms with E-state index in [0.29, 0.717) is 24.7 Å². The molecule has 1 aromatic rings. The minimum Gasteiger partial charge on any atom is -0.369 e. The number of amides is 1. The number of carbonyl (C=O) groups excluding carboxylic acids is 1. The molecule has 4 aliphatic heterocycles. The molecule has 0 aliphatic carbocycles. The smallest absolute Gasteiger partial charge is 0.297 e. The lowest BCUT2D eigenvalue weighted by molar-refractivity contribution is -0.117. The van der Waals surface area contributed by atoms with E-state index in [9.17, 15) is 17.8 Å². The molecule has 1 amide bonds. The predicted octanol–water partition coefficient (Wildman–Crippen LogP) is 2.49. The first kappa shape index (κ1) is 23.8. The van der Waals surface area contributed by atoms with Gasteiger partial charge in [-0.05, 0) is 75.0 Å². The van der Waals surface area contributed by atoms with Crippen LogP contribution in [0.15, 0.2) is 76.6 Å². The molecule has 0 radical (unpaired) electrons. The highest BCUT2D eigenvalue weighted by Gasteiger charge is 2.41. The van der Waals surface area contributed by atoms with Crippen molar-refractivity contribution in [3.05, 3.63) is 82.2 Å². The summed E-state index contributed by atoms with van der Waals surface area (Å²) in [6.07, 6.45) is 10.9. The van der Waals surface area contributed by atoms with Gasteiger partial charge in [-0.2, -0.15) is 8.42 Å². The van der Waals surface area contributed by atoms with Crippen molar-refractivity contribution in [2.24, 2.45) is 0 Å². The van der Waals surface area contributed by atoms with Gasteiger partial charge in [-0.25, -0.2) is 0 Å². The lowest BCUT2D eigenvalue weighted by Gasteiger charge is -2.33. The van der Waals surface area contributed by atoms with Crippen LogP contribution in [0.4, 0.5) is 0 Å². The maximum atomic E-state index is 13.0. The molecule has 0 bridgehead atoms. The molecule has 1 aromatic carbocycles. The zero-order valence-electron chi connectivity index (χ0n) is 19.7. The molecule has 1 atom stereocenters. The number of hydrogen-bond donors (Lipinski definition) is 3. The van der Waals surface area contributed by atoms with Crippen LogP contribution in [0.25, 0.3) is 0 Å². The summed E-state index contributed by atoms with van der Waals surface area (Å²) >= 11 is 0. The average Bonchev–Trinajstić information content (AvgIpc) is 3.28. The standard InChI is InChI=1S/C26H32N4O4S/c31-26(22-17-21-18-28-24-10-6-9-23(30(21)24)25(22)35(32,33)34)27-13-4-5-14-29-15-11-20(12-16-29)19-7-2-1-3-8-19/h1-3,6-10,17,20-21,28H,4-5,11-16,18H2,(H,27,31)(H,32,33,34). The van der Waals surface area contributed by atoms with Gasteiger partial charge in [0.05, 0.1) is 17.3 Å². The lowest BCUT2D eigenvalue weighted by Crippen LogP contribution is -2.38. The topological polar surface area (TPSA) is 102 Å². The zero-order chi connectivity index (χ0) is 24.4. The Balaban J connectivity index is 1.11. The van der Waals surface area contributed by atoms with E-state index in [-0.39, 0.29) is 16.5 Å². The Labute approximate surface area is 206 Å². The van der Waals surface area contributed by atoms with Crippen molar-refractivity contribution >= 4 is 16.0 Å². The first-order valence-corrected chi connectivity index (χ1v) is 13.8. The van der Waals surface area contributed by atoms with Crippen LogP contribution in [0.1, 0.15) is 37.2 Å². The van der Waals surface area contributed by atoms with E-state index in [1.807, 2.05) is 6.08 Å². The van der Waals surface area contributed by atoms with Crippen molar-refractivity contribution in [1.82, 2.24) is 20.4 Å². The van der Waals surface area contributed by atoms with Crippen LogP contribution in [0.3, 0.4) is 0 Å². The summed E-state index contributed by atoms with van der Waals surface area (Å²) in [5.74, 6) is 0.931. The van der Waals surface area contributed by atoms with E-state index in [4.69, 9.17) is 0 Å². The average molecular weight is 497 g/mol. The summed E-state index contributed by atoms with van der Waals surface area (Å²) in [5, 5.41) is 6.07. The molecule has 5 rings (SSSR count). The molecule has 0 spiro atoms. The largest absolute Gasteiger partial charge is 0.369 e. The van der Waals surface area contributed by atoms with Gasteiger partial charge in [-0.1, -0.05) is 36.4 Å². The monoisotopic (exact) mass is 496 g/mol. The molecule has 2 fully saturated rings. The van der Waals surface area contributed by atoms with Crippen molar-refractivity contribution in [3.8, 4) is 0 Å². The van der Waals surface area contributed by atoms with Gasteiger partial charge in [-0.15, -0.1) is 0 Å². The number of nitrogens with one attached hydrogen (secondary N) is 2. The maximum absolute atomic E-state index is 13.0. The van der Waals surface area contributed by atoms with Gasteiger partial charge in [-0.3, -0.25) is 9.35 Å². The van der Waals surface area contributed by atoms with Gasteiger partial charge in [0.25, 0.3) is 16.0 Å². The van der Waals surface area contributed by atoms with E-state index in [1.54, 1.807) is 23.1 Å². The van der Waals surface area contributed by atoms with Crippen molar-refractivity contribution in [2.75, 3.05) is 32.7 Å². The number of unbranched alkanes of at least 4 members (excludes halogenated alkanes) is 1. The molecule has 8 nitrogen and oxygen atoms in total. The number of benzene rings is 1. The summed E-state index contributed by atoms with van der Waals surface area (Å²) in [6.45, 7) is 4.18. The molecule has 4 heterocycles. The third kappa shape index (κ3) is 5.07. The lowest BCUT2D eigenvalue weighted by atomic mass is 9.89. The highest BCUT2D eigenvalue weighted by atomic mass is 32.2. The summed E-state index contributed by atoms with van der Waals surface area (Å²) in [5.41, 5.74) is 1.77. The minimum atomic E-state index is -4.59. The number of hydrogen-bond acceptors (Lipinski definition) is 6. The van der Waals surface area contributed by atoms with Gasteiger partial charge < -0.3 is 20.4 Å². The van der Waals surface area contributed by atoms with Crippen LogP contribution >= 0.6 is 0 Å². The normalized spacial score (nSPS) is 22.4. The molecular formula is C26H32N4O4S. The number of carbonyl (C=O) groups is 1. The molecule has 0 saturated carbocycles. The van der Waals surface area contributed by atoms with Crippen molar-refractivity contribution in [1.29, 1.82) is 0 Å². The highest BCUT2D eigenvalue weighted by Crippen LogP contribution is 2.37. The third-order valence-corrected chi connectivity index (χ3v) is 8.18. The van der Waals surface area contributed by atoms with E-state index in [0.717, 1.165) is 38.3 Å². The van der Waals surface area contributed by atoms with Crippen LogP contribution in [-0.4, -0.2) is 67.4 Å². The van der Waals surface area contributed by atoms with Crippen LogP contribution in [-0.2, 0) is 14.9 Å². The molecule has 3 N–H and O–H groups in total. The number of likely N-dealkylation sites (tertiary alicyclic amines) is 1. The van der Waals surface area contributed by atoms with Gasteiger partial charge in [0.15, 0.2) is 0 Å². The van der Waals surface area contributed by atoms with E-state index < -0.39 is 16.0 Å². The molecule has 4 aliphatic rings. The Morgan fingerprint density at radius 3 is 2.66 bits per heavy atom. The molecule has 9 heteroatoms. The fourth-order valence-electron chi connectivity index (χ4n) is 5.47. The molecule has 186 valence electrons. The van der Waals surface area contributed by atoms with Crippen molar-refractivity contribution in [2.45, 2.75) is 37.6 Å². The van der Waals surface area contributed by atoms with Gasteiger partial charge in [0.1, 0.15) is 10.7 Å². The molecule has 35 heavy (non-hydrogen) atoms. The number of piperidine rings is 1. The predicted molar refractivity (Wildman–Crippen MR) is 135 cm³/mol. The van der Waals surface area contributed by atoms with Crippen LogP contribution in [0, 0.1) is 0 Å². The Bertz CT molecular complexity index is 1190. The Morgan fingerprint density at radius 1 is 1.14 bits per heavy atom.